The fraction of sp³-hybridized carbons (Fsp3) is 0.562. The maximum absolute atomic E-state index is 12.6. The molecule has 0 radical (unpaired) electrons. The highest BCUT2D eigenvalue weighted by atomic mass is 16.6. The molecule has 2 N–H and O–H groups in total. The molecule has 1 aliphatic carbocycles. The van der Waals surface area contributed by atoms with E-state index < -0.39 is 27.9 Å². The van der Waals surface area contributed by atoms with Crippen LogP contribution in [0.2, 0.25) is 0 Å². The Morgan fingerprint density at radius 3 is 2.87 bits per heavy atom. The van der Waals surface area contributed by atoms with Gasteiger partial charge in [0.25, 0.3) is 5.91 Å². The summed E-state index contributed by atoms with van der Waals surface area (Å²) in [5.41, 5.74) is -1.22. The van der Waals surface area contributed by atoms with Crippen molar-refractivity contribution < 1.29 is 19.9 Å². The highest BCUT2D eigenvalue weighted by molar-refractivity contribution is 5.98. The number of amides is 1. The van der Waals surface area contributed by atoms with Crippen LogP contribution in [0, 0.1) is 16.0 Å². The Morgan fingerprint density at radius 1 is 1.35 bits per heavy atom. The number of likely N-dealkylation sites (tertiary alicyclic amines) is 1. The van der Waals surface area contributed by atoms with Gasteiger partial charge < -0.3 is 15.1 Å². The van der Waals surface area contributed by atoms with Crippen LogP contribution >= 0.6 is 0 Å². The summed E-state index contributed by atoms with van der Waals surface area (Å²) in [5, 5.41) is 31.6. The molecule has 0 spiro atoms. The van der Waals surface area contributed by atoms with Crippen molar-refractivity contribution in [1.82, 2.24) is 4.90 Å². The summed E-state index contributed by atoms with van der Waals surface area (Å²) in [6, 6.07) is 3.96. The van der Waals surface area contributed by atoms with Crippen LogP contribution in [0.4, 0.5) is 5.69 Å². The van der Waals surface area contributed by atoms with Gasteiger partial charge >= 0.3 is 5.69 Å². The topological polar surface area (TPSA) is 104 Å². The number of rotatable bonds is 2. The molecule has 7 heteroatoms. The van der Waals surface area contributed by atoms with Crippen LogP contribution in [0.3, 0.4) is 0 Å². The first kappa shape index (κ1) is 15.7. The van der Waals surface area contributed by atoms with Crippen LogP contribution in [-0.4, -0.2) is 44.6 Å². The van der Waals surface area contributed by atoms with Crippen LogP contribution in [-0.2, 0) is 0 Å². The van der Waals surface area contributed by atoms with Gasteiger partial charge in [-0.05, 0) is 25.3 Å². The second-order valence-electron chi connectivity index (χ2n) is 6.48. The lowest BCUT2D eigenvalue weighted by molar-refractivity contribution is -0.385. The first-order valence-corrected chi connectivity index (χ1v) is 7.90. The maximum Gasteiger partial charge on any atom is 0.311 e. The van der Waals surface area contributed by atoms with Gasteiger partial charge in [-0.15, -0.1) is 0 Å². The smallest absolute Gasteiger partial charge is 0.311 e. The fourth-order valence-electron chi connectivity index (χ4n) is 3.78. The monoisotopic (exact) mass is 320 g/mol. The zero-order chi connectivity index (χ0) is 16.6. The van der Waals surface area contributed by atoms with Crippen LogP contribution in [0.25, 0.3) is 0 Å². The number of hydrogen-bond acceptors (Lipinski definition) is 5. The van der Waals surface area contributed by atoms with Crippen LogP contribution in [0.15, 0.2) is 18.2 Å². The van der Waals surface area contributed by atoms with E-state index in [-0.39, 0.29) is 11.5 Å². The molecule has 1 aromatic carbocycles. The minimum Gasteiger partial charge on any atom is -0.502 e. The van der Waals surface area contributed by atoms with Gasteiger partial charge in [0, 0.05) is 25.1 Å². The number of phenols is 1. The SMILES string of the molecule is O=C(c1cccc([N+](=O)[O-])c1O)N1CC[C@]2(O)CCCC[C@@H]2C1. The number of nitro benzene ring substituents is 1. The summed E-state index contributed by atoms with van der Waals surface area (Å²) in [6.07, 6.45) is 4.20. The highest BCUT2D eigenvalue weighted by Gasteiger charge is 2.44. The maximum atomic E-state index is 12.6. The third-order valence-corrected chi connectivity index (χ3v) is 5.16. The molecule has 0 aromatic heterocycles. The highest BCUT2D eigenvalue weighted by Crippen LogP contribution is 2.40. The normalized spacial score (nSPS) is 27.3. The Labute approximate surface area is 133 Å². The average Bonchev–Trinajstić information content (AvgIpc) is 2.53. The number of aromatic hydroxyl groups is 1. The first-order chi connectivity index (χ1) is 10.9. The van der Waals surface area contributed by atoms with Crippen LogP contribution in [0.1, 0.15) is 42.5 Å². The third kappa shape index (κ3) is 2.76. The summed E-state index contributed by atoms with van der Waals surface area (Å²) in [4.78, 5) is 24.4. The number of fused-ring (bicyclic) bond motifs is 1. The lowest BCUT2D eigenvalue weighted by Gasteiger charge is -2.47. The Hall–Kier alpha value is -2.15. The molecule has 1 heterocycles. The van der Waals surface area contributed by atoms with E-state index in [2.05, 4.69) is 0 Å². The van der Waals surface area contributed by atoms with Gasteiger partial charge in [-0.3, -0.25) is 14.9 Å². The second kappa shape index (κ2) is 5.81. The molecule has 1 amide bonds. The predicted molar refractivity (Wildman–Crippen MR) is 82.2 cm³/mol. The number of nitro groups is 1. The minimum absolute atomic E-state index is 0.0368. The predicted octanol–water partition coefficient (Wildman–Crippen LogP) is 2.07. The van der Waals surface area contributed by atoms with Gasteiger partial charge in [-0.2, -0.15) is 0 Å². The standard InChI is InChI=1S/C16H20N2O5/c19-14-12(5-3-6-13(14)18(22)23)15(20)17-9-8-16(21)7-2-1-4-11(16)10-17/h3,5-6,11,19,21H,1-2,4,7-10H2/t11-,16-/m1/s1. The van der Waals surface area contributed by atoms with Gasteiger partial charge in [0.2, 0.25) is 5.75 Å². The summed E-state index contributed by atoms with van der Waals surface area (Å²) < 4.78 is 0. The molecule has 3 rings (SSSR count). The van der Waals surface area contributed by atoms with Crippen molar-refractivity contribution in [2.24, 2.45) is 5.92 Å². The van der Waals surface area contributed by atoms with Gasteiger partial charge in [0.05, 0.1) is 16.1 Å². The second-order valence-corrected chi connectivity index (χ2v) is 6.48. The van der Waals surface area contributed by atoms with Crippen molar-refractivity contribution >= 4 is 11.6 Å². The molecule has 2 atom stereocenters. The van der Waals surface area contributed by atoms with Gasteiger partial charge in [-0.25, -0.2) is 0 Å². The molecular formula is C16H20N2O5. The summed E-state index contributed by atoms with van der Waals surface area (Å²) in [7, 11) is 0. The van der Waals surface area contributed by atoms with E-state index in [0.29, 0.717) is 19.5 Å². The molecule has 124 valence electrons. The molecule has 1 saturated heterocycles. The van der Waals surface area contributed by atoms with E-state index >= 15 is 0 Å². The Kier molecular flexibility index (Phi) is 3.97. The minimum atomic E-state index is -0.706. The number of carbonyl (C=O) groups is 1. The molecule has 0 bridgehead atoms. The van der Waals surface area contributed by atoms with Crippen LogP contribution < -0.4 is 0 Å². The summed E-state index contributed by atoms with van der Waals surface area (Å²) in [6.45, 7) is 0.825. The number of carbonyl (C=O) groups excluding carboxylic acids is 1. The summed E-state index contributed by atoms with van der Waals surface area (Å²) >= 11 is 0. The molecule has 0 unspecified atom stereocenters. The van der Waals surface area contributed by atoms with Crippen molar-refractivity contribution in [3.63, 3.8) is 0 Å². The van der Waals surface area contributed by atoms with E-state index in [0.717, 1.165) is 25.7 Å². The van der Waals surface area contributed by atoms with Gasteiger partial charge in [0.1, 0.15) is 0 Å². The number of para-hydroxylation sites is 1. The van der Waals surface area contributed by atoms with E-state index in [1.165, 1.54) is 18.2 Å². The summed E-state index contributed by atoms with van der Waals surface area (Å²) in [5.74, 6) is -0.972. The fourth-order valence-corrected chi connectivity index (χ4v) is 3.78. The Bertz CT molecular complexity index is 647. The molecule has 23 heavy (non-hydrogen) atoms. The van der Waals surface area contributed by atoms with Crippen molar-refractivity contribution in [1.29, 1.82) is 0 Å². The molecular weight excluding hydrogens is 300 g/mol. The first-order valence-electron chi connectivity index (χ1n) is 7.90. The van der Waals surface area contributed by atoms with E-state index in [1.54, 1.807) is 4.90 Å². The van der Waals surface area contributed by atoms with Crippen molar-refractivity contribution in [2.45, 2.75) is 37.7 Å². The van der Waals surface area contributed by atoms with E-state index in [1.807, 2.05) is 0 Å². The number of piperidine rings is 1. The van der Waals surface area contributed by atoms with Gasteiger partial charge in [-0.1, -0.05) is 18.9 Å². The van der Waals surface area contributed by atoms with Crippen molar-refractivity contribution in [2.75, 3.05) is 13.1 Å². The Balaban J connectivity index is 1.82. The molecule has 7 nitrogen and oxygen atoms in total. The van der Waals surface area contributed by atoms with Crippen LogP contribution in [0.5, 0.6) is 5.75 Å². The lowest BCUT2D eigenvalue weighted by atomic mass is 9.71. The van der Waals surface area contributed by atoms with Crippen molar-refractivity contribution in [3.05, 3.63) is 33.9 Å². The largest absolute Gasteiger partial charge is 0.502 e. The quantitative estimate of drug-likeness (QED) is 0.641. The Morgan fingerprint density at radius 2 is 2.13 bits per heavy atom. The van der Waals surface area contributed by atoms with Crippen molar-refractivity contribution in [3.8, 4) is 5.75 Å². The zero-order valence-corrected chi connectivity index (χ0v) is 12.8. The van der Waals surface area contributed by atoms with E-state index in [4.69, 9.17) is 0 Å². The molecule has 1 aromatic rings. The van der Waals surface area contributed by atoms with Gasteiger partial charge in [0.15, 0.2) is 0 Å². The molecule has 1 aliphatic heterocycles. The third-order valence-electron chi connectivity index (χ3n) is 5.16. The molecule has 2 fully saturated rings. The lowest BCUT2D eigenvalue weighted by Crippen LogP contribution is -2.54. The number of aliphatic hydroxyl groups is 1. The number of benzene rings is 1. The number of nitrogens with zero attached hydrogens (tertiary/aromatic N) is 2. The number of hydrogen-bond donors (Lipinski definition) is 2. The molecule has 1 saturated carbocycles. The number of phenolic OH excluding ortho intramolecular Hbond substituents is 1. The zero-order valence-electron chi connectivity index (χ0n) is 12.8. The van der Waals surface area contributed by atoms with E-state index in [9.17, 15) is 25.1 Å². The molecule has 2 aliphatic rings. The average molecular weight is 320 g/mol.